The van der Waals surface area contributed by atoms with E-state index in [9.17, 15) is 19.5 Å². The third kappa shape index (κ3) is 3.71. The number of likely N-dealkylation sites (tertiary alicyclic amines) is 1. The van der Waals surface area contributed by atoms with Gasteiger partial charge in [0.1, 0.15) is 6.61 Å². The van der Waals surface area contributed by atoms with Crippen LogP contribution in [0.1, 0.15) is 40.9 Å². The van der Waals surface area contributed by atoms with Crippen molar-refractivity contribution in [2.24, 2.45) is 5.92 Å². The summed E-state index contributed by atoms with van der Waals surface area (Å²) in [5, 5.41) is 11.9. The van der Waals surface area contributed by atoms with Crippen LogP contribution in [0.3, 0.4) is 0 Å². The van der Waals surface area contributed by atoms with Crippen molar-refractivity contribution in [3.05, 3.63) is 77.7 Å². The molecule has 2 amide bonds. The van der Waals surface area contributed by atoms with Crippen LogP contribution in [0.15, 0.2) is 65.3 Å². The molecule has 5 rings (SSSR count). The van der Waals surface area contributed by atoms with Gasteiger partial charge in [-0.1, -0.05) is 48.5 Å². The number of ether oxygens (including phenoxy) is 1. The lowest BCUT2D eigenvalue weighted by Crippen LogP contribution is -2.37. The number of hydrogen-bond acceptors (Lipinski definition) is 5. The summed E-state index contributed by atoms with van der Waals surface area (Å²) in [6.45, 7) is 2.15. The van der Waals surface area contributed by atoms with Gasteiger partial charge in [0.05, 0.1) is 17.9 Å². The first-order valence-electron chi connectivity index (χ1n) is 11.2. The van der Waals surface area contributed by atoms with Gasteiger partial charge in [-0.3, -0.25) is 14.9 Å². The first kappa shape index (κ1) is 21.8. The molecule has 2 unspecified atom stereocenters. The Balaban J connectivity index is 1.26. The summed E-state index contributed by atoms with van der Waals surface area (Å²) < 4.78 is 10.9. The van der Waals surface area contributed by atoms with Crippen LogP contribution in [0.5, 0.6) is 0 Å². The molecule has 1 fully saturated rings. The highest BCUT2D eigenvalue weighted by Gasteiger charge is 2.40. The molecule has 2 N–H and O–H groups in total. The molecule has 2 heterocycles. The average molecular weight is 460 g/mol. The number of carboxylic acids is 1. The van der Waals surface area contributed by atoms with Gasteiger partial charge in [0.25, 0.3) is 5.91 Å². The van der Waals surface area contributed by atoms with Crippen molar-refractivity contribution in [1.29, 1.82) is 0 Å². The molecule has 174 valence electrons. The van der Waals surface area contributed by atoms with Crippen molar-refractivity contribution in [1.82, 2.24) is 4.90 Å². The second-order valence-corrected chi connectivity index (χ2v) is 8.59. The molecule has 34 heavy (non-hydrogen) atoms. The van der Waals surface area contributed by atoms with Crippen LogP contribution in [0, 0.1) is 5.92 Å². The first-order valence-corrected chi connectivity index (χ1v) is 11.2. The largest absolute Gasteiger partial charge is 0.481 e. The third-order valence-electron chi connectivity index (χ3n) is 6.77. The number of anilines is 1. The Hall–Kier alpha value is -4.07. The van der Waals surface area contributed by atoms with E-state index in [2.05, 4.69) is 17.4 Å². The molecule has 2 atom stereocenters. The maximum Gasteiger partial charge on any atom is 0.411 e. The van der Waals surface area contributed by atoms with Crippen LogP contribution in [0.4, 0.5) is 10.5 Å². The number of aliphatic carboxylic acids is 1. The van der Waals surface area contributed by atoms with Gasteiger partial charge in [0.2, 0.25) is 5.76 Å². The number of carbonyl (C=O) groups is 3. The van der Waals surface area contributed by atoms with E-state index < -0.39 is 29.9 Å². The summed E-state index contributed by atoms with van der Waals surface area (Å²) in [6, 6.07) is 17.1. The second kappa shape index (κ2) is 8.70. The maximum absolute atomic E-state index is 13.0. The predicted octanol–water partition coefficient (Wildman–Crippen LogP) is 4.58. The monoisotopic (exact) mass is 460 g/mol. The molecule has 2 aromatic carbocycles. The molecule has 1 aliphatic heterocycles. The Morgan fingerprint density at radius 1 is 1.06 bits per heavy atom. The average Bonchev–Trinajstić information content (AvgIpc) is 3.53. The highest BCUT2D eigenvalue weighted by molar-refractivity contribution is 6.00. The van der Waals surface area contributed by atoms with E-state index >= 15 is 0 Å². The Morgan fingerprint density at radius 2 is 1.71 bits per heavy atom. The first-order chi connectivity index (χ1) is 16.5. The summed E-state index contributed by atoms with van der Waals surface area (Å²) in [5.41, 5.74) is 4.66. The Labute approximate surface area is 196 Å². The smallest absolute Gasteiger partial charge is 0.411 e. The van der Waals surface area contributed by atoms with Gasteiger partial charge in [-0.2, -0.15) is 0 Å². The third-order valence-corrected chi connectivity index (χ3v) is 6.77. The summed E-state index contributed by atoms with van der Waals surface area (Å²) in [5.74, 6) is -2.15. The number of carboxylic acid groups (broad SMARTS) is 1. The van der Waals surface area contributed by atoms with E-state index in [4.69, 9.17) is 9.15 Å². The van der Waals surface area contributed by atoms with Crippen molar-refractivity contribution in [2.75, 3.05) is 18.5 Å². The molecule has 8 nitrogen and oxygen atoms in total. The van der Waals surface area contributed by atoms with E-state index in [0.717, 1.165) is 22.3 Å². The van der Waals surface area contributed by atoms with Gasteiger partial charge in [0.15, 0.2) is 0 Å². The van der Waals surface area contributed by atoms with E-state index in [1.54, 1.807) is 6.92 Å². The number of carbonyl (C=O) groups excluding carboxylic acids is 2. The van der Waals surface area contributed by atoms with E-state index in [0.29, 0.717) is 13.0 Å². The van der Waals surface area contributed by atoms with Crippen LogP contribution in [-0.2, 0) is 9.53 Å². The van der Waals surface area contributed by atoms with Crippen LogP contribution >= 0.6 is 0 Å². The van der Waals surface area contributed by atoms with Crippen LogP contribution in [-0.4, -0.2) is 47.2 Å². The normalized spacial score (nSPS) is 18.9. The molecule has 0 radical (unpaired) electrons. The van der Waals surface area contributed by atoms with E-state index in [1.165, 1.54) is 17.2 Å². The molecule has 0 spiro atoms. The number of furan rings is 1. The van der Waals surface area contributed by atoms with Crippen LogP contribution in [0.25, 0.3) is 11.1 Å². The number of benzene rings is 2. The fraction of sp³-hybridized carbons (Fsp3) is 0.269. The lowest BCUT2D eigenvalue weighted by molar-refractivity contribution is -0.142. The van der Waals surface area contributed by atoms with E-state index in [1.807, 2.05) is 36.4 Å². The number of amides is 2. The number of rotatable bonds is 5. The zero-order valence-electron chi connectivity index (χ0n) is 18.6. The van der Waals surface area contributed by atoms with Crippen LogP contribution in [0.2, 0.25) is 0 Å². The number of nitrogens with one attached hydrogen (secondary N) is 1. The number of nitrogens with zero attached hydrogens (tertiary/aromatic N) is 1. The van der Waals surface area contributed by atoms with Gasteiger partial charge in [-0.15, -0.1) is 0 Å². The molecule has 2 aliphatic rings. The van der Waals surface area contributed by atoms with E-state index in [-0.39, 0.29) is 24.0 Å². The van der Waals surface area contributed by atoms with Gasteiger partial charge in [0, 0.05) is 24.6 Å². The molecular weight excluding hydrogens is 436 g/mol. The molecular formula is C26H24N2O6. The van der Waals surface area contributed by atoms with Gasteiger partial charge in [-0.25, -0.2) is 4.79 Å². The lowest BCUT2D eigenvalue weighted by atomic mass is 9.98. The summed E-state index contributed by atoms with van der Waals surface area (Å²) in [7, 11) is 0. The standard InChI is InChI=1S/C26H24N2O6/c1-15-16(25(30)31)10-12-28(15)24(29)23-22(11-13-33-23)27-26(32)34-14-21-19-8-4-2-6-17(19)18-7-3-5-9-20(18)21/h2-9,11,13,15-16,21H,10,12,14H2,1H3,(H,27,32)(H,30,31). The van der Waals surface area contributed by atoms with Crippen molar-refractivity contribution in [2.45, 2.75) is 25.3 Å². The van der Waals surface area contributed by atoms with Crippen LogP contribution < -0.4 is 5.32 Å². The van der Waals surface area contributed by atoms with Gasteiger partial charge < -0.3 is 19.2 Å². The quantitative estimate of drug-likeness (QED) is 0.577. The van der Waals surface area contributed by atoms with Gasteiger partial charge in [-0.05, 0) is 35.6 Å². The topological polar surface area (TPSA) is 109 Å². The highest BCUT2D eigenvalue weighted by Crippen LogP contribution is 2.44. The minimum Gasteiger partial charge on any atom is -0.481 e. The van der Waals surface area contributed by atoms with Crippen molar-refractivity contribution in [3.63, 3.8) is 0 Å². The number of hydrogen-bond donors (Lipinski definition) is 2. The summed E-state index contributed by atoms with van der Waals surface area (Å²) >= 11 is 0. The zero-order chi connectivity index (χ0) is 23.8. The lowest BCUT2D eigenvalue weighted by Gasteiger charge is -2.22. The molecule has 0 bridgehead atoms. The predicted molar refractivity (Wildman–Crippen MR) is 124 cm³/mol. The Bertz CT molecular complexity index is 1220. The second-order valence-electron chi connectivity index (χ2n) is 8.59. The molecule has 3 aromatic rings. The minimum absolute atomic E-state index is 0.0496. The fourth-order valence-corrected chi connectivity index (χ4v) is 5.00. The fourth-order valence-electron chi connectivity index (χ4n) is 5.00. The maximum atomic E-state index is 13.0. The Morgan fingerprint density at radius 3 is 2.32 bits per heavy atom. The van der Waals surface area contributed by atoms with Crippen molar-refractivity contribution >= 4 is 23.7 Å². The number of fused-ring (bicyclic) bond motifs is 3. The summed E-state index contributed by atoms with van der Waals surface area (Å²) in [6.07, 6.45) is 0.981. The Kier molecular flexibility index (Phi) is 5.57. The molecule has 1 aliphatic carbocycles. The molecule has 1 aromatic heterocycles. The molecule has 0 saturated carbocycles. The zero-order valence-corrected chi connectivity index (χ0v) is 18.6. The molecule has 8 heteroatoms. The summed E-state index contributed by atoms with van der Waals surface area (Å²) in [4.78, 5) is 38.4. The SMILES string of the molecule is CC1C(C(=O)O)CCN1C(=O)c1occc1NC(=O)OCC1c2ccccc2-c2ccccc21. The van der Waals surface area contributed by atoms with Crippen molar-refractivity contribution < 1.29 is 28.6 Å². The van der Waals surface area contributed by atoms with Crippen molar-refractivity contribution in [3.8, 4) is 11.1 Å². The van der Waals surface area contributed by atoms with Gasteiger partial charge >= 0.3 is 12.1 Å². The molecule has 1 saturated heterocycles. The minimum atomic E-state index is -0.931. The highest BCUT2D eigenvalue weighted by atomic mass is 16.5.